The second-order valence-electron chi connectivity index (χ2n) is 20.2. The summed E-state index contributed by atoms with van der Waals surface area (Å²) in [5.74, 6) is -10.9. The third-order valence-electron chi connectivity index (χ3n) is 12.9. The Kier molecular flexibility index (Phi) is 29.4. The first-order valence-corrected chi connectivity index (χ1v) is 26.4. The predicted octanol–water partition coefficient (Wildman–Crippen LogP) is -2.82. The van der Waals surface area contributed by atoms with Crippen molar-refractivity contribution < 1.29 is 63.0 Å². The zero-order valence-corrected chi connectivity index (χ0v) is 45.6. The van der Waals surface area contributed by atoms with E-state index in [0.29, 0.717) is 37.7 Å². The van der Waals surface area contributed by atoms with Crippen LogP contribution in [0, 0.1) is 17.8 Å². The van der Waals surface area contributed by atoms with Gasteiger partial charge in [-0.1, -0.05) is 78.3 Å². The molecule has 0 unspecified atom stereocenters. The monoisotopic (exact) mass is 1100 g/mol. The van der Waals surface area contributed by atoms with Gasteiger partial charge >= 0.3 is 11.9 Å². The minimum Gasteiger partial charge on any atom is -0.481 e. The Labute approximate surface area is 455 Å². The van der Waals surface area contributed by atoms with Crippen LogP contribution in [0.5, 0.6) is 0 Å². The van der Waals surface area contributed by atoms with E-state index in [1.165, 1.54) is 0 Å². The number of benzene rings is 1. The quantitative estimate of drug-likeness (QED) is 0.0185. The highest BCUT2D eigenvalue weighted by Crippen LogP contribution is 2.20. The number of aliphatic carboxylic acids is 2. The fraction of sp³-hybridized carbons (Fsp3) is 0.647. The van der Waals surface area contributed by atoms with Crippen molar-refractivity contribution in [2.75, 3.05) is 32.7 Å². The summed E-state index contributed by atoms with van der Waals surface area (Å²) < 4.78 is 0. The third kappa shape index (κ3) is 23.9. The van der Waals surface area contributed by atoms with Gasteiger partial charge < -0.3 is 80.6 Å². The number of nitrogens with one attached hydrogen (secondary N) is 8. The predicted molar refractivity (Wildman–Crippen MR) is 287 cm³/mol. The van der Waals surface area contributed by atoms with E-state index in [2.05, 4.69) is 47.5 Å². The normalized spacial score (nSPS) is 16.1. The Morgan fingerprint density at radius 2 is 1.27 bits per heavy atom. The number of nitrogens with zero attached hydrogens (tertiary/aromatic N) is 2. The Morgan fingerprint density at radius 3 is 1.82 bits per heavy atom. The molecule has 2 rings (SSSR count). The van der Waals surface area contributed by atoms with Crippen molar-refractivity contribution in [1.29, 1.82) is 0 Å². The van der Waals surface area contributed by atoms with E-state index in [-0.39, 0.29) is 69.5 Å². The molecular weight excluding hydrogens is 1020 g/mol. The second-order valence-corrected chi connectivity index (χ2v) is 20.2. The summed E-state index contributed by atoms with van der Waals surface area (Å²) >= 11 is 0. The zero-order chi connectivity index (χ0) is 58.6. The molecule has 0 aliphatic carbocycles. The van der Waals surface area contributed by atoms with Gasteiger partial charge in [0.25, 0.3) is 0 Å². The van der Waals surface area contributed by atoms with Gasteiger partial charge in [0.05, 0.1) is 25.6 Å². The van der Waals surface area contributed by atoms with Crippen LogP contribution in [0.1, 0.15) is 111 Å². The molecule has 0 aromatic heterocycles. The highest BCUT2D eigenvalue weighted by Gasteiger charge is 2.40. The molecule has 436 valence electrons. The number of rotatable bonds is 35. The molecule has 27 heteroatoms. The molecule has 27 nitrogen and oxygen atoms in total. The molecule has 0 radical (unpaired) electrons. The van der Waals surface area contributed by atoms with Crippen LogP contribution in [0.2, 0.25) is 0 Å². The van der Waals surface area contributed by atoms with Gasteiger partial charge in [-0.3, -0.25) is 52.9 Å². The van der Waals surface area contributed by atoms with Crippen molar-refractivity contribution in [3.05, 3.63) is 35.9 Å². The van der Waals surface area contributed by atoms with E-state index < -0.39 is 139 Å². The van der Waals surface area contributed by atoms with E-state index in [0.717, 1.165) is 4.90 Å². The fourth-order valence-corrected chi connectivity index (χ4v) is 8.41. The molecule has 1 aromatic rings. The van der Waals surface area contributed by atoms with Gasteiger partial charge in [0, 0.05) is 19.5 Å². The Bertz CT molecular complexity index is 2230. The summed E-state index contributed by atoms with van der Waals surface area (Å²) in [7, 11) is 0. The van der Waals surface area contributed by atoms with Crippen LogP contribution in [0.4, 0.5) is 0 Å². The average Bonchev–Trinajstić information content (AvgIpc) is 3.88. The molecular formula is C51H84N14O13. The molecule has 1 aliphatic heterocycles. The van der Waals surface area contributed by atoms with E-state index in [9.17, 15) is 63.0 Å². The average molecular weight is 1100 g/mol. The van der Waals surface area contributed by atoms with Gasteiger partial charge in [0.2, 0.25) is 53.2 Å². The van der Waals surface area contributed by atoms with Crippen LogP contribution < -0.4 is 65.5 Å². The minimum absolute atomic E-state index is 0.0133. The van der Waals surface area contributed by atoms with Crippen molar-refractivity contribution in [1.82, 2.24) is 47.4 Å². The largest absolute Gasteiger partial charge is 0.481 e. The number of aliphatic imine (C=N–C) groups is 1. The zero-order valence-electron chi connectivity index (χ0n) is 45.6. The first-order valence-electron chi connectivity index (χ1n) is 26.4. The lowest BCUT2D eigenvalue weighted by Gasteiger charge is -2.29. The molecule has 0 saturated carbocycles. The first kappa shape index (κ1) is 66.7. The van der Waals surface area contributed by atoms with Gasteiger partial charge in [-0.15, -0.1) is 0 Å². The number of amides is 9. The summed E-state index contributed by atoms with van der Waals surface area (Å²) in [6.45, 7) is 9.47. The van der Waals surface area contributed by atoms with E-state index in [4.69, 9.17) is 22.9 Å². The van der Waals surface area contributed by atoms with Gasteiger partial charge in [-0.05, 0) is 81.2 Å². The van der Waals surface area contributed by atoms with Crippen LogP contribution >= 0.6 is 0 Å². The molecule has 0 spiro atoms. The molecule has 78 heavy (non-hydrogen) atoms. The standard InChI is InChI=1S/C51H84N14O13/c1-7-30(6)42(64-43(70)32(53)23-28(2)3)48(75)58-27-38(66)59-33(18-13-21-56-51(54)55)45(72)61-34(17-11-12-20-52)46(73)62-35(24-31-15-9-8-10-16-31)44(71)57-26-39(67)60-36(25-40(68)69)49(76)65-22-14-19-37(65)47(74)63-41(29(4)5)50(77)78/h8-10,15-16,28-30,32-37,41-42H,7,11-14,17-27,52-53H2,1-6H3,(H,57,71)(H,58,75)(H,59,66)(H,60,67)(H,61,72)(H,62,73)(H,63,74)(H,64,70)(H,68,69)(H,77,78)(H4,54,55,56)/t30-,32-,33-,34-,35-,36-,37-,41-,42-/m0/s1. The Morgan fingerprint density at radius 1 is 0.692 bits per heavy atom. The van der Waals surface area contributed by atoms with E-state index in [1.807, 2.05) is 20.8 Å². The highest BCUT2D eigenvalue weighted by molar-refractivity contribution is 5.98. The molecule has 1 heterocycles. The number of hydrogen-bond acceptors (Lipinski definition) is 14. The van der Waals surface area contributed by atoms with Crippen molar-refractivity contribution in [3.8, 4) is 0 Å². The number of likely N-dealkylation sites (tertiary alicyclic amines) is 1. The van der Waals surface area contributed by atoms with Crippen LogP contribution in [-0.2, 0) is 59.2 Å². The smallest absolute Gasteiger partial charge is 0.326 e. The maximum absolute atomic E-state index is 14.2. The topological polar surface area (TPSA) is 444 Å². The lowest BCUT2D eigenvalue weighted by molar-refractivity contribution is -0.147. The number of carbonyl (C=O) groups is 11. The molecule has 1 saturated heterocycles. The Hall–Kier alpha value is -7.42. The number of unbranched alkanes of at least 4 members (excludes halogenated alkanes) is 1. The number of carbonyl (C=O) groups excluding carboxylic acids is 9. The summed E-state index contributed by atoms with van der Waals surface area (Å²) in [6.07, 6.45) is 1.25. The van der Waals surface area contributed by atoms with Crippen LogP contribution in [0.3, 0.4) is 0 Å². The number of guanidine groups is 1. The highest BCUT2D eigenvalue weighted by atomic mass is 16.4. The lowest BCUT2D eigenvalue weighted by Crippen LogP contribution is -2.59. The summed E-state index contributed by atoms with van der Waals surface area (Å²) in [5, 5.41) is 39.6. The summed E-state index contributed by atoms with van der Waals surface area (Å²) in [6, 6.07) is -1.55. The van der Waals surface area contributed by atoms with Crippen LogP contribution in [-0.4, -0.2) is 167 Å². The molecule has 0 bridgehead atoms. The molecule has 18 N–H and O–H groups in total. The summed E-state index contributed by atoms with van der Waals surface area (Å²) in [5.41, 5.74) is 23.4. The third-order valence-corrected chi connectivity index (χ3v) is 12.9. The van der Waals surface area contributed by atoms with Crippen molar-refractivity contribution in [3.63, 3.8) is 0 Å². The second kappa shape index (κ2) is 34.4. The van der Waals surface area contributed by atoms with Crippen LogP contribution in [0.25, 0.3) is 0 Å². The first-order chi connectivity index (χ1) is 36.8. The molecule has 1 fully saturated rings. The number of hydrogen-bond donors (Lipinski definition) is 14. The van der Waals surface area contributed by atoms with E-state index >= 15 is 0 Å². The summed E-state index contributed by atoms with van der Waals surface area (Å²) in [4.78, 5) is 151. The minimum atomic E-state index is -1.70. The van der Waals surface area contributed by atoms with E-state index in [1.54, 1.807) is 51.1 Å². The van der Waals surface area contributed by atoms with Crippen molar-refractivity contribution >= 4 is 71.1 Å². The maximum atomic E-state index is 14.2. The van der Waals surface area contributed by atoms with Gasteiger partial charge in [0.15, 0.2) is 5.96 Å². The van der Waals surface area contributed by atoms with Crippen molar-refractivity contribution in [2.24, 2.45) is 45.7 Å². The van der Waals surface area contributed by atoms with Crippen molar-refractivity contribution in [2.45, 2.75) is 161 Å². The number of nitrogens with two attached hydrogens (primary N) is 4. The Balaban J connectivity index is 2.33. The molecule has 1 aromatic carbocycles. The number of carboxylic acids is 2. The number of carboxylic acid groups (broad SMARTS) is 2. The van der Waals surface area contributed by atoms with Gasteiger partial charge in [0.1, 0.15) is 42.3 Å². The fourth-order valence-electron chi connectivity index (χ4n) is 8.41. The molecule has 1 aliphatic rings. The molecule has 9 atom stereocenters. The lowest BCUT2D eigenvalue weighted by atomic mass is 9.97. The van der Waals surface area contributed by atoms with Gasteiger partial charge in [-0.2, -0.15) is 0 Å². The van der Waals surface area contributed by atoms with Crippen LogP contribution in [0.15, 0.2) is 35.3 Å². The molecule has 9 amide bonds. The van der Waals surface area contributed by atoms with Gasteiger partial charge in [-0.25, -0.2) is 4.79 Å². The maximum Gasteiger partial charge on any atom is 0.326 e. The SMILES string of the molecule is CC[C@H](C)[C@H](NC(=O)[C@@H](N)CC(C)C)C(=O)NCC(=O)N[C@@H](CCCN=C(N)N)C(=O)N[C@@H](CCCCN)C(=O)N[C@@H](Cc1ccccc1)C(=O)NCC(=O)N[C@@H](CC(=O)O)C(=O)N1CCC[C@H]1C(=O)N[C@H](C(=O)O)C(C)C.